The fraction of sp³-hybridized carbons (Fsp3) is 0.143. The summed E-state index contributed by atoms with van der Waals surface area (Å²) < 4.78 is 0. The van der Waals surface area contributed by atoms with Gasteiger partial charge in [0.15, 0.2) is 5.78 Å². The van der Waals surface area contributed by atoms with E-state index in [0.717, 1.165) is 5.56 Å². The molecule has 3 aromatic rings. The molecule has 0 aliphatic carbocycles. The number of hydrogen-bond donors (Lipinski definition) is 1. The number of nitriles is 1. The predicted molar refractivity (Wildman–Crippen MR) is 137 cm³/mol. The third-order valence-corrected chi connectivity index (χ3v) is 6.63. The highest BCUT2D eigenvalue weighted by atomic mass is 32.2. The van der Waals surface area contributed by atoms with Crippen molar-refractivity contribution in [2.45, 2.75) is 12.8 Å². The van der Waals surface area contributed by atoms with Gasteiger partial charge in [-0.15, -0.1) is 0 Å². The minimum atomic E-state index is -0.647. The smallest absolute Gasteiger partial charge is 0.234 e. The monoisotopic (exact) mass is 465 g/mol. The van der Waals surface area contributed by atoms with E-state index in [9.17, 15) is 14.9 Å². The number of anilines is 1. The number of nitrogens with one attached hydrogen (secondary N) is 1. The number of Topliss-reactive ketones (excluding diaryl/α,β-unsaturated/α-hetero) is 1. The van der Waals surface area contributed by atoms with Gasteiger partial charge < -0.3 is 5.32 Å². The molecule has 2 atom stereocenters. The van der Waals surface area contributed by atoms with Crippen molar-refractivity contribution >= 4 is 34.9 Å². The van der Waals surface area contributed by atoms with E-state index in [2.05, 4.69) is 16.4 Å². The Morgan fingerprint density at radius 2 is 1.53 bits per heavy atom. The lowest BCUT2D eigenvalue weighted by atomic mass is 9.77. The van der Waals surface area contributed by atoms with Crippen LogP contribution in [0.2, 0.25) is 0 Å². The van der Waals surface area contributed by atoms with Crippen molar-refractivity contribution in [1.29, 1.82) is 5.26 Å². The summed E-state index contributed by atoms with van der Waals surface area (Å²) in [7, 11) is 0. The highest BCUT2D eigenvalue weighted by Crippen LogP contribution is 2.42. The lowest BCUT2D eigenvalue weighted by molar-refractivity contribution is -0.118. The molecule has 0 aromatic heterocycles. The summed E-state index contributed by atoms with van der Waals surface area (Å²) >= 11 is 1.24. The molecule has 1 N–H and O–H groups in total. The van der Waals surface area contributed by atoms with Gasteiger partial charge in [0.1, 0.15) is 5.03 Å². The van der Waals surface area contributed by atoms with Gasteiger partial charge in [0.25, 0.3) is 0 Å². The van der Waals surface area contributed by atoms with Gasteiger partial charge in [-0.25, -0.2) is 4.99 Å². The summed E-state index contributed by atoms with van der Waals surface area (Å²) in [5, 5.41) is 13.6. The number of allylic oxidation sites excluding steroid dienone is 1. The molecule has 4 rings (SSSR count). The number of amides is 1. The highest BCUT2D eigenvalue weighted by Gasteiger charge is 2.39. The Bertz CT molecular complexity index is 1280. The van der Waals surface area contributed by atoms with Crippen LogP contribution >= 0.6 is 11.8 Å². The van der Waals surface area contributed by atoms with Gasteiger partial charge in [-0.2, -0.15) is 5.26 Å². The molecule has 0 saturated carbocycles. The molecule has 0 spiro atoms. The minimum absolute atomic E-state index is 0.0385. The molecular weight excluding hydrogens is 442 g/mol. The molecule has 1 aliphatic heterocycles. The van der Waals surface area contributed by atoms with Crippen LogP contribution in [0.25, 0.3) is 0 Å². The van der Waals surface area contributed by atoms with Crippen molar-refractivity contribution in [2.75, 3.05) is 11.1 Å². The standard InChI is InChI=1S/C28H23N3O2S/c1-19-25(27(33)31-22-15-9-4-10-16-22)26(21-13-7-3-8-14-21)23(17-29)28(30-19)34-18-24(32)20-11-5-2-6-12-20/h2-16,25-26H,18H2,1H3,(H,31,33). The Hall–Kier alpha value is -3.95. The maximum atomic E-state index is 13.4. The van der Waals surface area contributed by atoms with Gasteiger partial charge in [0.2, 0.25) is 5.91 Å². The Labute approximate surface area is 203 Å². The van der Waals surface area contributed by atoms with Crippen molar-refractivity contribution in [3.05, 3.63) is 113 Å². The maximum Gasteiger partial charge on any atom is 0.234 e. The van der Waals surface area contributed by atoms with Crippen LogP contribution in [-0.4, -0.2) is 23.2 Å². The first-order valence-electron chi connectivity index (χ1n) is 10.9. The molecule has 2 unspecified atom stereocenters. The summed E-state index contributed by atoms with van der Waals surface area (Å²) in [5.41, 5.74) is 3.16. The normalized spacial score (nSPS) is 17.5. The summed E-state index contributed by atoms with van der Waals surface area (Å²) in [4.78, 5) is 30.7. The van der Waals surface area contributed by atoms with E-state index in [1.807, 2.05) is 78.9 Å². The number of para-hydroxylation sites is 1. The second kappa shape index (κ2) is 10.8. The van der Waals surface area contributed by atoms with Crippen LogP contribution < -0.4 is 5.32 Å². The molecule has 0 bridgehead atoms. The van der Waals surface area contributed by atoms with Crippen LogP contribution in [-0.2, 0) is 4.79 Å². The average Bonchev–Trinajstić information content (AvgIpc) is 2.88. The summed E-state index contributed by atoms with van der Waals surface area (Å²) in [5.74, 6) is -1.25. The molecule has 0 fully saturated rings. The van der Waals surface area contributed by atoms with Gasteiger partial charge in [0.05, 0.1) is 23.3 Å². The van der Waals surface area contributed by atoms with E-state index in [0.29, 0.717) is 27.6 Å². The first kappa shape index (κ1) is 23.2. The second-order valence-electron chi connectivity index (χ2n) is 7.88. The lowest BCUT2D eigenvalue weighted by Gasteiger charge is -2.31. The number of carbonyl (C=O) groups is 2. The zero-order valence-electron chi connectivity index (χ0n) is 18.6. The summed E-state index contributed by atoms with van der Waals surface area (Å²) in [6.45, 7) is 1.80. The van der Waals surface area contributed by atoms with Gasteiger partial charge in [-0.1, -0.05) is 90.6 Å². The summed E-state index contributed by atoms with van der Waals surface area (Å²) in [6, 6.07) is 30.1. The fourth-order valence-electron chi connectivity index (χ4n) is 4.00. The molecule has 168 valence electrons. The number of rotatable bonds is 7. The second-order valence-corrected chi connectivity index (χ2v) is 8.85. The number of carbonyl (C=O) groups excluding carboxylic acids is 2. The van der Waals surface area contributed by atoms with Crippen LogP contribution in [0.1, 0.15) is 28.8 Å². The SMILES string of the molecule is CC1=NC(SCC(=O)c2ccccc2)=C(C#N)C(c2ccccc2)C1C(=O)Nc1ccccc1. The van der Waals surface area contributed by atoms with Gasteiger partial charge in [-0.3, -0.25) is 9.59 Å². The molecule has 1 aliphatic rings. The molecule has 1 amide bonds. The van der Waals surface area contributed by atoms with E-state index in [-0.39, 0.29) is 17.4 Å². The van der Waals surface area contributed by atoms with Gasteiger partial charge in [-0.05, 0) is 24.6 Å². The topological polar surface area (TPSA) is 82.3 Å². The number of nitrogens with zero attached hydrogens (tertiary/aromatic N) is 2. The third kappa shape index (κ3) is 5.16. The molecular formula is C28H23N3O2S. The van der Waals surface area contributed by atoms with Crippen LogP contribution in [0.3, 0.4) is 0 Å². The first-order chi connectivity index (χ1) is 16.6. The van der Waals surface area contributed by atoms with E-state index >= 15 is 0 Å². The molecule has 5 nitrogen and oxygen atoms in total. The largest absolute Gasteiger partial charge is 0.325 e. The van der Waals surface area contributed by atoms with Crippen LogP contribution in [0.15, 0.2) is 107 Å². The molecule has 3 aromatic carbocycles. The van der Waals surface area contributed by atoms with Gasteiger partial charge >= 0.3 is 0 Å². The van der Waals surface area contributed by atoms with Crippen LogP contribution in [0, 0.1) is 17.2 Å². The quantitative estimate of drug-likeness (QED) is 0.444. The Morgan fingerprint density at radius 3 is 2.15 bits per heavy atom. The van der Waals surface area contributed by atoms with Crippen LogP contribution in [0.5, 0.6) is 0 Å². The Balaban J connectivity index is 1.67. The van der Waals surface area contributed by atoms with E-state index < -0.39 is 11.8 Å². The molecule has 0 saturated heterocycles. The highest BCUT2D eigenvalue weighted by molar-refractivity contribution is 8.03. The van der Waals surface area contributed by atoms with E-state index in [4.69, 9.17) is 0 Å². The zero-order valence-corrected chi connectivity index (χ0v) is 19.5. The zero-order chi connectivity index (χ0) is 23.9. The molecule has 34 heavy (non-hydrogen) atoms. The number of ketones is 1. The number of aliphatic imine (C=N–C) groups is 1. The van der Waals surface area contributed by atoms with Crippen LogP contribution in [0.4, 0.5) is 5.69 Å². The summed E-state index contributed by atoms with van der Waals surface area (Å²) in [6.07, 6.45) is 0. The van der Waals surface area contributed by atoms with Crippen molar-refractivity contribution < 1.29 is 9.59 Å². The number of thioether (sulfide) groups is 1. The van der Waals surface area contributed by atoms with Crippen molar-refractivity contribution in [2.24, 2.45) is 10.9 Å². The Kier molecular flexibility index (Phi) is 7.36. The molecule has 6 heteroatoms. The first-order valence-corrected chi connectivity index (χ1v) is 11.9. The maximum absolute atomic E-state index is 13.4. The molecule has 0 radical (unpaired) electrons. The number of benzene rings is 3. The van der Waals surface area contributed by atoms with Crippen molar-refractivity contribution in [3.8, 4) is 6.07 Å². The third-order valence-electron chi connectivity index (χ3n) is 5.64. The number of hydrogen-bond acceptors (Lipinski definition) is 5. The fourth-order valence-corrected chi connectivity index (χ4v) is 4.97. The lowest BCUT2D eigenvalue weighted by Crippen LogP contribution is -2.36. The predicted octanol–water partition coefficient (Wildman–Crippen LogP) is 5.85. The average molecular weight is 466 g/mol. The Morgan fingerprint density at radius 1 is 0.941 bits per heavy atom. The van der Waals surface area contributed by atoms with Crippen molar-refractivity contribution in [1.82, 2.24) is 0 Å². The minimum Gasteiger partial charge on any atom is -0.325 e. The van der Waals surface area contributed by atoms with E-state index in [1.54, 1.807) is 19.1 Å². The van der Waals surface area contributed by atoms with Crippen molar-refractivity contribution in [3.63, 3.8) is 0 Å². The van der Waals surface area contributed by atoms with Gasteiger partial charge in [0, 0.05) is 22.9 Å². The van der Waals surface area contributed by atoms with E-state index in [1.165, 1.54) is 11.8 Å². The molecule has 1 heterocycles.